The number of carbonyl (C=O) groups excluding carboxylic acids is 1. The molecule has 4 rings (SSSR count). The molecule has 28 heavy (non-hydrogen) atoms. The minimum atomic E-state index is -0.234. The van der Waals surface area contributed by atoms with E-state index >= 15 is 0 Å². The van der Waals surface area contributed by atoms with Crippen molar-refractivity contribution < 1.29 is 13.9 Å². The first-order valence-corrected chi connectivity index (χ1v) is 9.70. The Morgan fingerprint density at radius 1 is 1.29 bits per heavy atom. The molecule has 2 aromatic carbocycles. The highest BCUT2D eigenvalue weighted by Crippen LogP contribution is 2.34. The lowest BCUT2D eigenvalue weighted by Gasteiger charge is -2.06. The van der Waals surface area contributed by atoms with E-state index < -0.39 is 0 Å². The highest BCUT2D eigenvalue weighted by atomic mass is 32.1. The summed E-state index contributed by atoms with van der Waals surface area (Å²) in [7, 11) is 5.56. The minimum Gasteiger partial charge on any atom is -0.497 e. The van der Waals surface area contributed by atoms with Crippen LogP contribution in [-0.4, -0.2) is 32.1 Å². The topological polar surface area (TPSA) is 67.6 Å². The molecule has 0 bridgehead atoms. The number of furan rings is 1. The van der Waals surface area contributed by atoms with Crippen molar-refractivity contribution >= 4 is 43.6 Å². The van der Waals surface area contributed by atoms with Gasteiger partial charge >= 0.3 is 0 Å². The first-order chi connectivity index (χ1) is 13.5. The Morgan fingerprint density at radius 2 is 2.11 bits per heavy atom. The molecule has 1 N–H and O–H groups in total. The van der Waals surface area contributed by atoms with Gasteiger partial charge in [0.2, 0.25) is 0 Å². The number of aryl methyl sites for hydroxylation is 1. The van der Waals surface area contributed by atoms with E-state index in [0.717, 1.165) is 37.6 Å². The second-order valence-corrected chi connectivity index (χ2v) is 7.81. The zero-order chi connectivity index (χ0) is 19.8. The van der Waals surface area contributed by atoms with E-state index in [9.17, 15) is 4.79 Å². The zero-order valence-corrected chi connectivity index (χ0v) is 17.0. The van der Waals surface area contributed by atoms with Crippen LogP contribution in [0.3, 0.4) is 0 Å². The number of amides is 1. The van der Waals surface area contributed by atoms with Crippen molar-refractivity contribution in [3.05, 3.63) is 53.3 Å². The molecule has 2 heterocycles. The summed E-state index contributed by atoms with van der Waals surface area (Å²) in [5.41, 5.74) is 3.39. The first kappa shape index (κ1) is 18.3. The maximum atomic E-state index is 12.7. The molecule has 6 nitrogen and oxygen atoms in total. The minimum absolute atomic E-state index is 0.234. The van der Waals surface area contributed by atoms with Gasteiger partial charge in [-0.3, -0.25) is 4.79 Å². The van der Waals surface area contributed by atoms with Crippen LogP contribution < -0.4 is 15.0 Å². The maximum Gasteiger partial charge on any atom is 0.287 e. The van der Waals surface area contributed by atoms with Gasteiger partial charge in [-0.2, -0.15) is 0 Å². The number of thiazole rings is 1. The monoisotopic (exact) mass is 395 g/mol. The van der Waals surface area contributed by atoms with Gasteiger partial charge in [-0.05, 0) is 30.7 Å². The molecule has 0 unspecified atom stereocenters. The van der Waals surface area contributed by atoms with E-state index in [1.807, 2.05) is 62.3 Å². The fourth-order valence-electron chi connectivity index (χ4n) is 3.08. The van der Waals surface area contributed by atoms with E-state index in [4.69, 9.17) is 9.15 Å². The van der Waals surface area contributed by atoms with Crippen molar-refractivity contribution in [2.75, 3.05) is 26.1 Å². The highest BCUT2D eigenvalue weighted by molar-refractivity contribution is 7.22. The van der Waals surface area contributed by atoms with Gasteiger partial charge in [0.1, 0.15) is 11.3 Å². The molecule has 0 saturated carbocycles. The lowest BCUT2D eigenvalue weighted by molar-refractivity contribution is 0.0924. The number of carbonyl (C=O) groups is 1. The molecule has 7 heteroatoms. The molecule has 0 fully saturated rings. The smallest absolute Gasteiger partial charge is 0.287 e. The molecule has 1 amide bonds. The number of benzene rings is 2. The van der Waals surface area contributed by atoms with Gasteiger partial charge in [-0.1, -0.05) is 23.5 Å². The largest absolute Gasteiger partial charge is 0.497 e. The highest BCUT2D eigenvalue weighted by Gasteiger charge is 2.19. The van der Waals surface area contributed by atoms with Gasteiger partial charge in [-0.25, -0.2) is 4.98 Å². The summed E-state index contributed by atoms with van der Waals surface area (Å²) in [5, 5.41) is 4.77. The number of nitrogens with zero attached hydrogens (tertiary/aromatic N) is 2. The summed E-state index contributed by atoms with van der Waals surface area (Å²) in [6, 6.07) is 11.6. The van der Waals surface area contributed by atoms with Crippen LogP contribution in [0.1, 0.15) is 21.7 Å². The second-order valence-electron chi connectivity index (χ2n) is 6.80. The second kappa shape index (κ2) is 7.16. The van der Waals surface area contributed by atoms with E-state index in [1.54, 1.807) is 18.4 Å². The number of fused-ring (bicyclic) bond motifs is 2. The average molecular weight is 395 g/mol. The molecule has 0 aliphatic heterocycles. The number of aromatic nitrogens is 1. The van der Waals surface area contributed by atoms with Gasteiger partial charge in [-0.15, -0.1) is 0 Å². The number of hydrogen-bond acceptors (Lipinski definition) is 6. The Balaban J connectivity index is 1.60. The molecule has 144 valence electrons. The van der Waals surface area contributed by atoms with Crippen molar-refractivity contribution in [1.82, 2.24) is 10.3 Å². The van der Waals surface area contributed by atoms with Crippen LogP contribution in [0.2, 0.25) is 0 Å². The fraction of sp³-hybridized carbons (Fsp3) is 0.238. The summed E-state index contributed by atoms with van der Waals surface area (Å²) < 4.78 is 12.2. The number of anilines is 1. The molecule has 0 spiro atoms. The molecule has 2 aromatic heterocycles. The average Bonchev–Trinajstić information content (AvgIpc) is 3.25. The molecular weight excluding hydrogens is 374 g/mol. The van der Waals surface area contributed by atoms with Crippen molar-refractivity contribution in [3.8, 4) is 5.75 Å². The van der Waals surface area contributed by atoms with Crippen LogP contribution in [0, 0.1) is 6.92 Å². The molecular formula is C21H21N3O3S. The third-order valence-corrected chi connectivity index (χ3v) is 5.80. The van der Waals surface area contributed by atoms with E-state index in [1.165, 1.54) is 0 Å². The Morgan fingerprint density at radius 3 is 2.86 bits per heavy atom. The van der Waals surface area contributed by atoms with E-state index in [-0.39, 0.29) is 5.91 Å². The Bertz CT molecular complexity index is 1180. The Labute approximate surface area is 166 Å². The zero-order valence-electron chi connectivity index (χ0n) is 16.2. The summed E-state index contributed by atoms with van der Waals surface area (Å²) in [4.78, 5) is 19.3. The van der Waals surface area contributed by atoms with Crippen LogP contribution in [0.4, 0.5) is 5.13 Å². The molecule has 4 aromatic rings. The van der Waals surface area contributed by atoms with Gasteiger partial charge < -0.3 is 19.4 Å². The predicted octanol–water partition coefficient (Wildman–Crippen LogP) is 4.36. The summed E-state index contributed by atoms with van der Waals surface area (Å²) >= 11 is 1.60. The SMILES string of the molecule is COc1cccc(CNC(=O)c2oc3cc4sc(N(C)C)nc4cc3c2C)c1. The maximum absolute atomic E-state index is 12.7. The summed E-state index contributed by atoms with van der Waals surface area (Å²) in [6.07, 6.45) is 0. The predicted molar refractivity (Wildman–Crippen MR) is 113 cm³/mol. The van der Waals surface area contributed by atoms with Gasteiger partial charge in [0.05, 0.1) is 17.3 Å². The number of nitrogens with one attached hydrogen (secondary N) is 1. The van der Waals surface area contributed by atoms with Crippen molar-refractivity contribution in [2.24, 2.45) is 0 Å². The molecule has 0 atom stereocenters. The Kier molecular flexibility index (Phi) is 4.68. The lowest BCUT2D eigenvalue weighted by Crippen LogP contribution is -2.22. The van der Waals surface area contributed by atoms with Gasteiger partial charge in [0.15, 0.2) is 10.9 Å². The number of hydrogen-bond donors (Lipinski definition) is 1. The fourth-order valence-corrected chi connectivity index (χ4v) is 3.98. The van der Waals surface area contributed by atoms with Crippen LogP contribution in [0.5, 0.6) is 5.75 Å². The lowest BCUT2D eigenvalue weighted by atomic mass is 10.1. The van der Waals surface area contributed by atoms with Crippen molar-refractivity contribution in [3.63, 3.8) is 0 Å². The van der Waals surface area contributed by atoms with Crippen molar-refractivity contribution in [2.45, 2.75) is 13.5 Å². The molecule has 0 saturated heterocycles. The molecule has 0 radical (unpaired) electrons. The third-order valence-electron chi connectivity index (χ3n) is 4.61. The van der Waals surface area contributed by atoms with Gasteiger partial charge in [0.25, 0.3) is 5.91 Å². The van der Waals surface area contributed by atoms with Crippen LogP contribution in [0.15, 0.2) is 40.8 Å². The number of rotatable bonds is 5. The number of methoxy groups -OCH3 is 1. The van der Waals surface area contributed by atoms with E-state index in [0.29, 0.717) is 17.9 Å². The molecule has 0 aliphatic carbocycles. The normalized spacial score (nSPS) is 11.1. The van der Waals surface area contributed by atoms with E-state index in [2.05, 4.69) is 10.3 Å². The third kappa shape index (κ3) is 3.29. The van der Waals surface area contributed by atoms with Crippen LogP contribution in [0.25, 0.3) is 21.2 Å². The quantitative estimate of drug-likeness (QED) is 0.544. The van der Waals surface area contributed by atoms with Crippen molar-refractivity contribution in [1.29, 1.82) is 0 Å². The van der Waals surface area contributed by atoms with Crippen LogP contribution in [-0.2, 0) is 6.54 Å². The first-order valence-electron chi connectivity index (χ1n) is 8.88. The van der Waals surface area contributed by atoms with Crippen LogP contribution >= 0.6 is 11.3 Å². The number of ether oxygens (including phenoxy) is 1. The standard InChI is InChI=1S/C21H21N3O3S/c1-12-15-9-16-18(28-21(23-16)24(2)3)10-17(15)27-19(12)20(25)22-11-13-6-5-7-14(8-13)26-4/h5-10H,11H2,1-4H3,(H,22,25). The molecule has 0 aliphatic rings. The summed E-state index contributed by atoms with van der Waals surface area (Å²) in [6.45, 7) is 2.30. The summed E-state index contributed by atoms with van der Waals surface area (Å²) in [5.74, 6) is 0.863. The van der Waals surface area contributed by atoms with Gasteiger partial charge in [0, 0.05) is 37.7 Å². The Hall–Kier alpha value is -3.06.